The summed E-state index contributed by atoms with van der Waals surface area (Å²) in [6, 6.07) is 2.86. The van der Waals surface area contributed by atoms with Crippen molar-refractivity contribution in [3.05, 3.63) is 23.8 Å². The van der Waals surface area contributed by atoms with Crippen molar-refractivity contribution in [1.29, 1.82) is 0 Å². The van der Waals surface area contributed by atoms with Gasteiger partial charge >= 0.3 is 12.1 Å². The molecule has 2 N–H and O–H groups in total. The van der Waals surface area contributed by atoms with E-state index < -0.39 is 24.6 Å². The quantitative estimate of drug-likeness (QED) is 0.678. The van der Waals surface area contributed by atoms with Crippen LogP contribution >= 0.6 is 0 Å². The fraction of sp³-hybridized carbons (Fsp3) is 0.417. The molecule has 0 aliphatic carbocycles. The predicted molar refractivity (Wildman–Crippen MR) is 61.9 cm³/mol. The summed E-state index contributed by atoms with van der Waals surface area (Å²) < 4.78 is 46.5. The maximum Gasteiger partial charge on any atom is 0.390 e. The molecule has 0 amide bonds. The lowest BCUT2D eigenvalue weighted by Crippen LogP contribution is -2.20. The molecule has 0 bridgehead atoms. The molecule has 1 aromatic carbocycles. The molecule has 1 rings (SSSR count). The Morgan fingerprint density at radius 2 is 2.00 bits per heavy atom. The van der Waals surface area contributed by atoms with E-state index in [1.54, 1.807) is 0 Å². The maximum absolute atomic E-state index is 12.2. The fourth-order valence-electron chi connectivity index (χ4n) is 1.52. The Balaban J connectivity index is 2.96. The summed E-state index contributed by atoms with van der Waals surface area (Å²) in [5, 5.41) is 0. The monoisotopic (exact) mass is 277 g/mol. The van der Waals surface area contributed by atoms with E-state index in [0.717, 1.165) is 0 Å². The zero-order chi connectivity index (χ0) is 14.6. The van der Waals surface area contributed by atoms with E-state index in [1.165, 1.54) is 32.2 Å². The molecule has 0 spiro atoms. The largest absolute Gasteiger partial charge is 0.493 e. The highest BCUT2D eigenvalue weighted by Crippen LogP contribution is 2.33. The highest BCUT2D eigenvalue weighted by atomic mass is 19.4. The zero-order valence-corrected chi connectivity index (χ0v) is 10.5. The van der Waals surface area contributed by atoms with Gasteiger partial charge < -0.3 is 15.2 Å². The highest BCUT2D eigenvalue weighted by molar-refractivity contribution is 5.70. The number of nitrogens with two attached hydrogens (primary N) is 1. The van der Waals surface area contributed by atoms with Gasteiger partial charge in [0, 0.05) is 13.0 Å². The number of methoxy groups -OCH3 is 1. The molecule has 0 aliphatic rings. The average molecular weight is 277 g/mol. The Bertz CT molecular complexity index is 460. The standard InChI is InChI=1S/C12H14F3NO3/c1-7(17)19-10-4-3-8(5-11(10)18-2)9(16)6-12(13,14)15/h3-5,9H,6,16H2,1-2H3/t9-/m0/s1. The number of alkyl halides is 3. The van der Waals surface area contributed by atoms with Crippen molar-refractivity contribution in [3.8, 4) is 11.5 Å². The SMILES string of the molecule is COc1cc([C@@H](N)CC(F)(F)F)ccc1OC(C)=O. The first-order chi connectivity index (χ1) is 8.73. The number of carbonyl (C=O) groups is 1. The maximum atomic E-state index is 12.2. The van der Waals surface area contributed by atoms with Gasteiger partial charge in [-0.2, -0.15) is 13.2 Å². The molecule has 0 heterocycles. The van der Waals surface area contributed by atoms with Gasteiger partial charge in [0.1, 0.15) is 0 Å². The predicted octanol–water partition coefficient (Wildman–Crippen LogP) is 2.57. The molecule has 0 unspecified atom stereocenters. The average Bonchev–Trinajstić information content (AvgIpc) is 2.26. The van der Waals surface area contributed by atoms with Crippen LogP contribution < -0.4 is 15.2 Å². The van der Waals surface area contributed by atoms with Crippen LogP contribution in [0.5, 0.6) is 11.5 Å². The number of ether oxygens (including phenoxy) is 2. The molecule has 1 aromatic rings. The van der Waals surface area contributed by atoms with E-state index in [9.17, 15) is 18.0 Å². The van der Waals surface area contributed by atoms with E-state index in [-0.39, 0.29) is 17.1 Å². The molecule has 106 valence electrons. The van der Waals surface area contributed by atoms with Crippen LogP contribution in [-0.2, 0) is 4.79 Å². The van der Waals surface area contributed by atoms with Crippen LogP contribution in [-0.4, -0.2) is 19.3 Å². The van der Waals surface area contributed by atoms with Gasteiger partial charge in [0.25, 0.3) is 0 Å². The molecular weight excluding hydrogens is 263 g/mol. The van der Waals surface area contributed by atoms with Crippen LogP contribution in [0, 0.1) is 0 Å². The van der Waals surface area contributed by atoms with Crippen LogP contribution in [0.4, 0.5) is 13.2 Å². The van der Waals surface area contributed by atoms with E-state index in [2.05, 4.69) is 0 Å². The van der Waals surface area contributed by atoms with Gasteiger partial charge in [0.05, 0.1) is 13.5 Å². The third kappa shape index (κ3) is 4.78. The van der Waals surface area contributed by atoms with Gasteiger partial charge in [-0.25, -0.2) is 0 Å². The summed E-state index contributed by atoms with van der Waals surface area (Å²) in [6.07, 6.45) is -5.48. The summed E-state index contributed by atoms with van der Waals surface area (Å²) in [5.74, 6) is -0.256. The van der Waals surface area contributed by atoms with Crippen molar-refractivity contribution < 1.29 is 27.4 Å². The molecular formula is C12H14F3NO3. The Kier molecular flexibility index (Phi) is 4.77. The van der Waals surface area contributed by atoms with Gasteiger partial charge in [0.2, 0.25) is 0 Å². The summed E-state index contributed by atoms with van der Waals surface area (Å²) >= 11 is 0. The summed E-state index contributed by atoms with van der Waals surface area (Å²) in [7, 11) is 1.32. The minimum Gasteiger partial charge on any atom is -0.493 e. The number of hydrogen-bond donors (Lipinski definition) is 1. The number of rotatable bonds is 4. The van der Waals surface area contributed by atoms with E-state index in [0.29, 0.717) is 0 Å². The van der Waals surface area contributed by atoms with Crippen molar-refractivity contribution in [2.45, 2.75) is 25.6 Å². The van der Waals surface area contributed by atoms with Crippen molar-refractivity contribution >= 4 is 5.97 Å². The minimum absolute atomic E-state index is 0.137. The molecule has 1 atom stereocenters. The van der Waals surface area contributed by atoms with Gasteiger partial charge in [0.15, 0.2) is 11.5 Å². The lowest BCUT2D eigenvalue weighted by atomic mass is 10.0. The molecule has 0 saturated heterocycles. The molecule has 4 nitrogen and oxygen atoms in total. The van der Waals surface area contributed by atoms with E-state index in [4.69, 9.17) is 15.2 Å². The minimum atomic E-state index is -4.35. The third-order valence-corrected chi connectivity index (χ3v) is 2.32. The Hall–Kier alpha value is -1.76. The normalized spacial score (nSPS) is 12.9. The number of halogens is 3. The second kappa shape index (κ2) is 5.92. The summed E-state index contributed by atoms with van der Waals surface area (Å²) in [4.78, 5) is 10.8. The third-order valence-electron chi connectivity index (χ3n) is 2.32. The summed E-state index contributed by atoms with van der Waals surface area (Å²) in [6.45, 7) is 1.21. The van der Waals surface area contributed by atoms with Crippen LogP contribution in [0.25, 0.3) is 0 Å². The van der Waals surface area contributed by atoms with Crippen LogP contribution in [0.1, 0.15) is 24.9 Å². The Morgan fingerprint density at radius 3 is 2.47 bits per heavy atom. The van der Waals surface area contributed by atoms with E-state index in [1.807, 2.05) is 0 Å². The number of esters is 1. The molecule has 0 aromatic heterocycles. The molecule has 19 heavy (non-hydrogen) atoms. The fourth-order valence-corrected chi connectivity index (χ4v) is 1.52. The molecule has 0 saturated carbocycles. The van der Waals surface area contributed by atoms with Gasteiger partial charge in [-0.05, 0) is 17.7 Å². The molecule has 0 radical (unpaired) electrons. The lowest BCUT2D eigenvalue weighted by molar-refractivity contribution is -0.138. The van der Waals surface area contributed by atoms with Gasteiger partial charge in [-0.1, -0.05) is 6.07 Å². The molecule has 7 heteroatoms. The highest BCUT2D eigenvalue weighted by Gasteiger charge is 2.31. The van der Waals surface area contributed by atoms with Crippen LogP contribution in [0.15, 0.2) is 18.2 Å². The number of benzene rings is 1. The first-order valence-corrected chi connectivity index (χ1v) is 5.41. The first-order valence-electron chi connectivity index (χ1n) is 5.41. The smallest absolute Gasteiger partial charge is 0.390 e. The number of carbonyl (C=O) groups excluding carboxylic acids is 1. The van der Waals surface area contributed by atoms with Crippen LogP contribution in [0.2, 0.25) is 0 Å². The van der Waals surface area contributed by atoms with E-state index >= 15 is 0 Å². The number of hydrogen-bond acceptors (Lipinski definition) is 4. The summed E-state index contributed by atoms with van der Waals surface area (Å²) in [5.41, 5.74) is 5.73. The van der Waals surface area contributed by atoms with Crippen molar-refractivity contribution in [3.63, 3.8) is 0 Å². The first kappa shape index (κ1) is 15.3. The van der Waals surface area contributed by atoms with Gasteiger partial charge in [-0.15, -0.1) is 0 Å². The second-order valence-corrected chi connectivity index (χ2v) is 3.93. The van der Waals surface area contributed by atoms with Gasteiger partial charge in [-0.3, -0.25) is 4.79 Å². The van der Waals surface area contributed by atoms with Crippen molar-refractivity contribution in [2.75, 3.05) is 7.11 Å². The Labute approximate surface area is 108 Å². The van der Waals surface area contributed by atoms with Crippen molar-refractivity contribution in [2.24, 2.45) is 5.73 Å². The second-order valence-electron chi connectivity index (χ2n) is 3.93. The molecule has 0 fully saturated rings. The molecule has 0 aliphatic heterocycles. The van der Waals surface area contributed by atoms with Crippen molar-refractivity contribution in [1.82, 2.24) is 0 Å². The topological polar surface area (TPSA) is 61.6 Å². The zero-order valence-electron chi connectivity index (χ0n) is 10.5. The lowest BCUT2D eigenvalue weighted by Gasteiger charge is -2.16. The Morgan fingerprint density at radius 1 is 1.37 bits per heavy atom. The van der Waals surface area contributed by atoms with Crippen LogP contribution in [0.3, 0.4) is 0 Å².